The van der Waals surface area contributed by atoms with E-state index in [1.807, 2.05) is 36.2 Å². The first-order valence-corrected chi connectivity index (χ1v) is 6.70. The zero-order chi connectivity index (χ0) is 14.8. The molecule has 110 valence electrons. The molecule has 1 aromatic carbocycles. The second-order valence-electron chi connectivity index (χ2n) is 5.03. The van der Waals surface area contributed by atoms with Crippen molar-refractivity contribution in [3.05, 3.63) is 41.5 Å². The van der Waals surface area contributed by atoms with Crippen molar-refractivity contribution in [2.24, 2.45) is 0 Å². The lowest BCUT2D eigenvalue weighted by atomic mass is 10.1. The molecule has 1 aliphatic heterocycles. The molecule has 0 amide bonds. The van der Waals surface area contributed by atoms with E-state index in [4.69, 9.17) is 0 Å². The standard InChI is InChI=1S/C15H19F3N2/c1-11(19-2)12-3-5-14(6-4-12)20-9-7-13(8-10-20)15(16,17)18/h3-7,11,19H,8-10H2,1-2H3. The van der Waals surface area contributed by atoms with Crippen molar-refractivity contribution in [2.75, 3.05) is 25.0 Å². The van der Waals surface area contributed by atoms with E-state index in [0.717, 1.165) is 5.69 Å². The van der Waals surface area contributed by atoms with Crippen LogP contribution < -0.4 is 10.2 Å². The molecule has 1 unspecified atom stereocenters. The fourth-order valence-corrected chi connectivity index (χ4v) is 2.30. The predicted molar refractivity (Wildman–Crippen MR) is 74.9 cm³/mol. The Morgan fingerprint density at radius 2 is 1.85 bits per heavy atom. The fourth-order valence-electron chi connectivity index (χ4n) is 2.30. The summed E-state index contributed by atoms with van der Waals surface area (Å²) >= 11 is 0. The van der Waals surface area contributed by atoms with Gasteiger partial charge in [0.2, 0.25) is 0 Å². The van der Waals surface area contributed by atoms with Crippen molar-refractivity contribution in [1.82, 2.24) is 5.32 Å². The summed E-state index contributed by atoms with van der Waals surface area (Å²) in [6.45, 7) is 2.79. The summed E-state index contributed by atoms with van der Waals surface area (Å²) in [6, 6.07) is 8.23. The van der Waals surface area contributed by atoms with Crippen molar-refractivity contribution >= 4 is 5.69 Å². The topological polar surface area (TPSA) is 15.3 Å². The van der Waals surface area contributed by atoms with Gasteiger partial charge in [-0.15, -0.1) is 0 Å². The molecule has 0 spiro atoms. The maximum atomic E-state index is 12.6. The second-order valence-corrected chi connectivity index (χ2v) is 5.03. The quantitative estimate of drug-likeness (QED) is 0.852. The Labute approximate surface area is 117 Å². The minimum absolute atomic E-state index is 0.0537. The number of hydrogen-bond acceptors (Lipinski definition) is 2. The molecule has 1 N–H and O–H groups in total. The van der Waals surface area contributed by atoms with Crippen LogP contribution in [0, 0.1) is 0 Å². The molecule has 0 saturated heterocycles. The molecule has 0 radical (unpaired) electrons. The smallest absolute Gasteiger partial charge is 0.367 e. The van der Waals surface area contributed by atoms with E-state index in [2.05, 4.69) is 12.2 Å². The van der Waals surface area contributed by atoms with Crippen molar-refractivity contribution < 1.29 is 13.2 Å². The summed E-state index contributed by atoms with van der Waals surface area (Å²) in [7, 11) is 1.90. The number of alkyl halides is 3. The maximum Gasteiger partial charge on any atom is 0.412 e. The monoisotopic (exact) mass is 284 g/mol. The number of halogens is 3. The minimum Gasteiger partial charge on any atom is -0.367 e. The third-order valence-electron chi connectivity index (χ3n) is 3.76. The average molecular weight is 284 g/mol. The highest BCUT2D eigenvalue weighted by molar-refractivity contribution is 5.49. The van der Waals surface area contributed by atoms with E-state index >= 15 is 0 Å². The number of hydrogen-bond donors (Lipinski definition) is 1. The van der Waals surface area contributed by atoms with Gasteiger partial charge in [0.1, 0.15) is 0 Å². The zero-order valence-corrected chi connectivity index (χ0v) is 11.7. The summed E-state index contributed by atoms with van der Waals surface area (Å²) < 4.78 is 37.7. The molecule has 0 aliphatic carbocycles. The van der Waals surface area contributed by atoms with Gasteiger partial charge in [0.05, 0.1) is 0 Å². The van der Waals surface area contributed by atoms with E-state index in [1.165, 1.54) is 11.6 Å². The Bertz CT molecular complexity index is 477. The van der Waals surface area contributed by atoms with Crippen molar-refractivity contribution in [1.29, 1.82) is 0 Å². The molecule has 0 fully saturated rings. The Balaban J connectivity index is 2.06. The molecular formula is C15H19F3N2. The molecule has 20 heavy (non-hydrogen) atoms. The highest BCUT2D eigenvalue weighted by Crippen LogP contribution is 2.31. The van der Waals surface area contributed by atoms with Gasteiger partial charge in [-0.25, -0.2) is 0 Å². The molecule has 0 aromatic heterocycles. The van der Waals surface area contributed by atoms with E-state index in [0.29, 0.717) is 13.1 Å². The molecule has 1 heterocycles. The third kappa shape index (κ3) is 3.33. The Kier molecular flexibility index (Phi) is 4.38. The van der Waals surface area contributed by atoms with Crippen LogP contribution >= 0.6 is 0 Å². The SMILES string of the molecule is CNC(C)c1ccc(N2CC=C(C(F)(F)F)CC2)cc1. The van der Waals surface area contributed by atoms with Gasteiger partial charge < -0.3 is 10.2 Å². The van der Waals surface area contributed by atoms with Gasteiger partial charge in [-0.1, -0.05) is 18.2 Å². The van der Waals surface area contributed by atoms with Crippen LogP contribution in [0.5, 0.6) is 0 Å². The van der Waals surface area contributed by atoms with E-state index in [-0.39, 0.29) is 12.5 Å². The van der Waals surface area contributed by atoms with Crippen LogP contribution in [0.3, 0.4) is 0 Å². The van der Waals surface area contributed by atoms with Crippen LogP contribution in [0.2, 0.25) is 0 Å². The zero-order valence-electron chi connectivity index (χ0n) is 11.7. The minimum atomic E-state index is -4.18. The first-order valence-electron chi connectivity index (χ1n) is 6.70. The lowest BCUT2D eigenvalue weighted by molar-refractivity contribution is -0.0943. The van der Waals surface area contributed by atoms with Crippen molar-refractivity contribution in [3.63, 3.8) is 0 Å². The lowest BCUT2D eigenvalue weighted by Crippen LogP contribution is -2.31. The van der Waals surface area contributed by atoms with Crippen molar-refractivity contribution in [3.8, 4) is 0 Å². The Morgan fingerprint density at radius 3 is 2.30 bits per heavy atom. The van der Waals surface area contributed by atoms with Gasteiger partial charge in [-0.3, -0.25) is 0 Å². The number of anilines is 1. The number of nitrogens with one attached hydrogen (secondary N) is 1. The molecule has 1 aromatic rings. The first kappa shape index (κ1) is 14.9. The molecule has 2 rings (SSSR count). The van der Waals surface area contributed by atoms with Crippen LogP contribution in [0.25, 0.3) is 0 Å². The van der Waals surface area contributed by atoms with Gasteiger partial charge in [-0.2, -0.15) is 13.2 Å². The van der Waals surface area contributed by atoms with Crippen LogP contribution in [0.4, 0.5) is 18.9 Å². The Morgan fingerprint density at radius 1 is 1.20 bits per heavy atom. The predicted octanol–water partition coefficient (Wildman–Crippen LogP) is 3.67. The molecule has 0 bridgehead atoms. The number of rotatable bonds is 3. The largest absolute Gasteiger partial charge is 0.412 e. The molecule has 1 atom stereocenters. The molecule has 5 heteroatoms. The normalized spacial score (nSPS) is 17.9. The first-order chi connectivity index (χ1) is 9.41. The molecule has 1 aliphatic rings. The highest BCUT2D eigenvalue weighted by atomic mass is 19.4. The van der Waals surface area contributed by atoms with Gasteiger partial charge >= 0.3 is 6.18 Å². The Hall–Kier alpha value is -1.49. The highest BCUT2D eigenvalue weighted by Gasteiger charge is 2.34. The van der Waals surface area contributed by atoms with Gasteiger partial charge in [0.15, 0.2) is 0 Å². The van der Waals surface area contributed by atoms with Crippen LogP contribution in [0.15, 0.2) is 35.9 Å². The van der Waals surface area contributed by atoms with E-state index in [9.17, 15) is 13.2 Å². The van der Waals surface area contributed by atoms with Crippen LogP contribution in [0.1, 0.15) is 24.9 Å². The van der Waals surface area contributed by atoms with E-state index < -0.39 is 11.7 Å². The van der Waals surface area contributed by atoms with E-state index in [1.54, 1.807) is 0 Å². The van der Waals surface area contributed by atoms with Crippen LogP contribution in [-0.2, 0) is 0 Å². The summed E-state index contributed by atoms with van der Waals surface area (Å²) in [5.41, 5.74) is 1.73. The summed E-state index contributed by atoms with van der Waals surface area (Å²) in [5, 5.41) is 3.15. The molecule has 0 saturated carbocycles. The second kappa shape index (κ2) is 5.87. The molecular weight excluding hydrogens is 265 g/mol. The lowest BCUT2D eigenvalue weighted by Gasteiger charge is -2.29. The van der Waals surface area contributed by atoms with Crippen LogP contribution in [-0.4, -0.2) is 26.3 Å². The number of benzene rings is 1. The average Bonchev–Trinajstić information content (AvgIpc) is 2.46. The fraction of sp³-hybridized carbons (Fsp3) is 0.467. The maximum absolute atomic E-state index is 12.6. The summed E-state index contributed by atoms with van der Waals surface area (Å²) in [6.07, 6.45) is -2.84. The van der Waals surface area contributed by atoms with Crippen molar-refractivity contribution in [2.45, 2.75) is 25.6 Å². The third-order valence-corrected chi connectivity index (χ3v) is 3.76. The summed E-state index contributed by atoms with van der Waals surface area (Å²) in [4.78, 5) is 1.96. The molecule has 2 nitrogen and oxygen atoms in total. The van der Waals surface area contributed by atoms with Gasteiger partial charge in [0.25, 0.3) is 0 Å². The van der Waals surface area contributed by atoms with Gasteiger partial charge in [0, 0.05) is 30.4 Å². The summed E-state index contributed by atoms with van der Waals surface area (Å²) in [5.74, 6) is 0. The number of nitrogens with zero attached hydrogens (tertiary/aromatic N) is 1. The van der Waals surface area contributed by atoms with Gasteiger partial charge in [-0.05, 0) is 38.1 Å².